The van der Waals surface area contributed by atoms with E-state index >= 15 is 0 Å². The van der Waals surface area contributed by atoms with E-state index in [-0.39, 0.29) is 30.4 Å². The minimum Gasteiger partial charge on any atom is -0.484 e. The normalized spacial score (nSPS) is 19.8. The Morgan fingerprint density at radius 2 is 1.78 bits per heavy atom. The maximum atomic E-state index is 12.2. The first-order chi connectivity index (χ1) is 18.0. The van der Waals surface area contributed by atoms with Crippen molar-refractivity contribution in [1.82, 2.24) is 5.43 Å². The Morgan fingerprint density at radius 1 is 1.03 bits per heavy atom. The Kier molecular flexibility index (Phi) is 7.03. The summed E-state index contributed by atoms with van der Waals surface area (Å²) in [5, 5.41) is 8.01. The largest absolute Gasteiger partial charge is 0.484 e. The summed E-state index contributed by atoms with van der Waals surface area (Å²) in [7, 11) is 1.39. The molecule has 1 amide bonds. The standard InChI is InChI=1S/C30H29N3O4/c1-19(32-33-28(34)18-37-23-7-4-3-5-8-23)22-15-16-27-26(17-22)24-9-6-10-25(24)29(31-27)20-11-13-21(14-12-20)30(35)36-2/h3-9,11-17,24-25,29,31H,10,18H2,1-2H3,(H,33,34)/b32-19-/t24-,25+,29+/m1/s1. The van der Waals surface area contributed by atoms with E-state index in [4.69, 9.17) is 9.47 Å². The maximum absolute atomic E-state index is 12.2. The number of nitrogens with one attached hydrogen (secondary N) is 2. The third-order valence-electron chi connectivity index (χ3n) is 6.93. The zero-order valence-corrected chi connectivity index (χ0v) is 20.8. The average molecular weight is 496 g/mol. The molecule has 0 bridgehead atoms. The Balaban J connectivity index is 1.29. The van der Waals surface area contributed by atoms with Gasteiger partial charge in [0.1, 0.15) is 5.75 Å². The summed E-state index contributed by atoms with van der Waals surface area (Å²) in [5.74, 6) is 0.612. The van der Waals surface area contributed by atoms with Gasteiger partial charge in [0.05, 0.1) is 24.4 Å². The molecule has 2 N–H and O–H groups in total. The van der Waals surface area contributed by atoms with Crippen molar-refractivity contribution in [2.24, 2.45) is 11.0 Å². The Hall–Kier alpha value is -4.39. The van der Waals surface area contributed by atoms with Gasteiger partial charge in [0.25, 0.3) is 5.91 Å². The summed E-state index contributed by atoms with van der Waals surface area (Å²) in [5.41, 5.74) is 8.22. The number of methoxy groups -OCH3 is 1. The Bertz CT molecular complexity index is 1350. The molecule has 7 nitrogen and oxygen atoms in total. The number of carbonyl (C=O) groups is 2. The Morgan fingerprint density at radius 3 is 2.54 bits per heavy atom. The molecule has 0 saturated heterocycles. The number of benzene rings is 3. The monoisotopic (exact) mass is 495 g/mol. The Labute approximate surface area is 216 Å². The van der Waals surface area contributed by atoms with E-state index in [9.17, 15) is 9.59 Å². The number of para-hydroxylation sites is 1. The molecular formula is C30H29N3O4. The SMILES string of the molecule is COC(=O)c1ccc([C@@H]2Nc3ccc(/C(C)=N\NC(=O)COc4ccccc4)cc3[C@@H]3C=CC[C@@H]32)cc1. The maximum Gasteiger partial charge on any atom is 0.337 e. The summed E-state index contributed by atoms with van der Waals surface area (Å²) in [6.45, 7) is 1.77. The molecular weight excluding hydrogens is 466 g/mol. The highest BCUT2D eigenvalue weighted by Gasteiger charge is 2.38. The molecule has 37 heavy (non-hydrogen) atoms. The molecule has 0 radical (unpaired) electrons. The molecule has 188 valence electrons. The number of fused-ring (bicyclic) bond motifs is 3. The molecule has 0 aromatic heterocycles. The quantitative estimate of drug-likeness (QED) is 0.203. The van der Waals surface area contributed by atoms with E-state index in [1.54, 1.807) is 12.1 Å². The number of esters is 1. The van der Waals surface area contributed by atoms with Crippen molar-refractivity contribution >= 4 is 23.3 Å². The molecule has 3 aromatic carbocycles. The first-order valence-electron chi connectivity index (χ1n) is 12.3. The van der Waals surface area contributed by atoms with Gasteiger partial charge in [-0.15, -0.1) is 0 Å². The number of ether oxygens (including phenoxy) is 2. The topological polar surface area (TPSA) is 89.0 Å². The molecule has 0 unspecified atom stereocenters. The number of hydrazone groups is 1. The van der Waals surface area contributed by atoms with Gasteiger partial charge in [-0.25, -0.2) is 10.2 Å². The lowest BCUT2D eigenvalue weighted by atomic mass is 9.76. The number of hydrogen-bond donors (Lipinski definition) is 2. The van der Waals surface area contributed by atoms with Gasteiger partial charge < -0.3 is 14.8 Å². The molecule has 3 atom stereocenters. The zero-order chi connectivity index (χ0) is 25.8. The molecule has 0 spiro atoms. The van der Waals surface area contributed by atoms with Crippen LogP contribution in [0, 0.1) is 5.92 Å². The van der Waals surface area contributed by atoms with Gasteiger partial charge in [-0.2, -0.15) is 5.10 Å². The summed E-state index contributed by atoms with van der Waals surface area (Å²) < 4.78 is 10.3. The fourth-order valence-corrected chi connectivity index (χ4v) is 5.00. The number of anilines is 1. The van der Waals surface area contributed by atoms with Crippen LogP contribution in [-0.2, 0) is 9.53 Å². The lowest BCUT2D eigenvalue weighted by Gasteiger charge is -2.37. The van der Waals surface area contributed by atoms with Crippen LogP contribution < -0.4 is 15.5 Å². The van der Waals surface area contributed by atoms with Crippen LogP contribution in [0.4, 0.5) is 5.69 Å². The third-order valence-corrected chi connectivity index (χ3v) is 6.93. The van der Waals surface area contributed by atoms with Gasteiger partial charge in [0, 0.05) is 11.6 Å². The molecule has 3 aromatic rings. The first kappa shape index (κ1) is 24.3. The molecule has 1 aliphatic carbocycles. The van der Waals surface area contributed by atoms with Crippen LogP contribution in [0.1, 0.15) is 52.4 Å². The van der Waals surface area contributed by atoms with Gasteiger partial charge in [-0.05, 0) is 72.4 Å². The highest BCUT2D eigenvalue weighted by atomic mass is 16.5. The first-order valence-corrected chi connectivity index (χ1v) is 12.3. The van der Waals surface area contributed by atoms with Crippen molar-refractivity contribution in [3.8, 4) is 5.75 Å². The predicted octanol–water partition coefficient (Wildman–Crippen LogP) is 5.22. The van der Waals surface area contributed by atoms with Crippen molar-refractivity contribution < 1.29 is 19.1 Å². The molecule has 1 aliphatic heterocycles. The summed E-state index contributed by atoms with van der Waals surface area (Å²) in [4.78, 5) is 24.0. The van der Waals surface area contributed by atoms with Crippen LogP contribution in [0.3, 0.4) is 0 Å². The fraction of sp³-hybridized carbons (Fsp3) is 0.233. The van der Waals surface area contributed by atoms with E-state index in [1.165, 1.54) is 12.7 Å². The lowest BCUT2D eigenvalue weighted by Crippen LogP contribution is -2.29. The summed E-state index contributed by atoms with van der Waals surface area (Å²) in [6, 6.07) is 23.2. The van der Waals surface area contributed by atoms with Crippen LogP contribution in [0.25, 0.3) is 0 Å². The highest BCUT2D eigenvalue weighted by molar-refractivity contribution is 6.00. The van der Waals surface area contributed by atoms with Crippen molar-refractivity contribution in [2.75, 3.05) is 19.0 Å². The van der Waals surface area contributed by atoms with Crippen LogP contribution in [0.5, 0.6) is 5.75 Å². The van der Waals surface area contributed by atoms with Crippen molar-refractivity contribution in [3.05, 3.63) is 107 Å². The fourth-order valence-electron chi connectivity index (χ4n) is 5.00. The second-order valence-corrected chi connectivity index (χ2v) is 9.23. The van der Waals surface area contributed by atoms with E-state index in [1.807, 2.05) is 55.5 Å². The zero-order valence-electron chi connectivity index (χ0n) is 20.8. The molecule has 1 heterocycles. The van der Waals surface area contributed by atoms with E-state index < -0.39 is 0 Å². The average Bonchev–Trinajstić information content (AvgIpc) is 3.45. The number of amides is 1. The van der Waals surface area contributed by atoms with Gasteiger partial charge >= 0.3 is 5.97 Å². The van der Waals surface area contributed by atoms with Crippen LogP contribution in [0.15, 0.2) is 90.0 Å². The molecule has 5 rings (SSSR count). The van der Waals surface area contributed by atoms with Crippen molar-refractivity contribution in [2.45, 2.75) is 25.3 Å². The van der Waals surface area contributed by atoms with Gasteiger partial charge in [0.2, 0.25) is 0 Å². The third kappa shape index (κ3) is 5.26. The number of hydrogen-bond acceptors (Lipinski definition) is 6. The summed E-state index contributed by atoms with van der Waals surface area (Å²) in [6.07, 6.45) is 5.48. The number of nitrogens with zero attached hydrogens (tertiary/aromatic N) is 1. The van der Waals surface area contributed by atoms with Crippen molar-refractivity contribution in [1.29, 1.82) is 0 Å². The highest BCUT2D eigenvalue weighted by Crippen LogP contribution is 2.50. The molecule has 0 saturated carbocycles. The minimum absolute atomic E-state index is 0.106. The van der Waals surface area contributed by atoms with E-state index in [0.29, 0.717) is 17.2 Å². The minimum atomic E-state index is -0.335. The van der Waals surface area contributed by atoms with Gasteiger partial charge in [0.15, 0.2) is 6.61 Å². The van der Waals surface area contributed by atoms with Crippen molar-refractivity contribution in [3.63, 3.8) is 0 Å². The number of rotatable bonds is 7. The van der Waals surface area contributed by atoms with Gasteiger partial charge in [-0.3, -0.25) is 4.79 Å². The smallest absolute Gasteiger partial charge is 0.337 e. The van der Waals surface area contributed by atoms with Crippen LogP contribution >= 0.6 is 0 Å². The predicted molar refractivity (Wildman–Crippen MR) is 143 cm³/mol. The van der Waals surface area contributed by atoms with E-state index in [0.717, 1.165) is 28.9 Å². The van der Waals surface area contributed by atoms with Gasteiger partial charge in [-0.1, -0.05) is 48.6 Å². The van der Waals surface area contributed by atoms with E-state index in [2.05, 4.69) is 40.1 Å². The molecule has 2 aliphatic rings. The van der Waals surface area contributed by atoms with Crippen LogP contribution in [-0.4, -0.2) is 31.3 Å². The summed E-state index contributed by atoms with van der Waals surface area (Å²) >= 11 is 0. The lowest BCUT2D eigenvalue weighted by molar-refractivity contribution is -0.123. The second-order valence-electron chi connectivity index (χ2n) is 9.23. The molecule has 0 fully saturated rings. The van der Waals surface area contributed by atoms with Crippen LogP contribution in [0.2, 0.25) is 0 Å². The number of carbonyl (C=O) groups excluding carboxylic acids is 2. The number of allylic oxidation sites excluding steroid dienone is 2. The second kappa shape index (κ2) is 10.7. The molecule has 7 heteroatoms.